The van der Waals surface area contributed by atoms with Crippen molar-refractivity contribution in [2.75, 3.05) is 5.32 Å². The highest BCUT2D eigenvalue weighted by atomic mass is 35.5. The van der Waals surface area contributed by atoms with Gasteiger partial charge in [-0.3, -0.25) is 20.0 Å². The molecule has 0 radical (unpaired) electrons. The fraction of sp³-hybridized carbons (Fsp3) is 0.333. The van der Waals surface area contributed by atoms with Crippen LogP contribution >= 0.6 is 23.2 Å². The normalized spacial score (nSPS) is 24.1. The maximum absolute atomic E-state index is 12.6. The van der Waals surface area contributed by atoms with Crippen LogP contribution in [0.2, 0.25) is 10.0 Å². The molecule has 1 aromatic carbocycles. The number of nitrogens with zero attached hydrogens (tertiary/aromatic N) is 1. The van der Waals surface area contributed by atoms with Crippen LogP contribution in [0.4, 0.5) is 10.6 Å². The molecule has 0 unspecified atom stereocenters. The van der Waals surface area contributed by atoms with Crippen molar-refractivity contribution in [2.45, 2.75) is 31.2 Å². The first-order valence-electron chi connectivity index (χ1n) is 8.81. The maximum Gasteiger partial charge on any atom is 0.322 e. The molecule has 1 saturated carbocycles. The Morgan fingerprint density at radius 2 is 1.79 bits per heavy atom. The van der Waals surface area contributed by atoms with Crippen LogP contribution in [0.25, 0.3) is 11.3 Å². The molecule has 1 aliphatic carbocycles. The number of imide groups is 1. The first-order valence-corrected chi connectivity index (χ1v) is 9.57. The number of hydrogen-bond acceptors (Lipinski definition) is 4. The van der Waals surface area contributed by atoms with Gasteiger partial charge in [0, 0.05) is 27.6 Å². The third-order valence-corrected chi connectivity index (χ3v) is 5.66. The van der Waals surface area contributed by atoms with E-state index in [-0.39, 0.29) is 17.7 Å². The molecule has 4 rings (SSSR count). The monoisotopic (exact) mass is 421 g/mol. The van der Waals surface area contributed by atoms with Gasteiger partial charge in [-0.15, -0.1) is 0 Å². The fourth-order valence-corrected chi connectivity index (χ4v) is 4.25. The van der Waals surface area contributed by atoms with E-state index in [0.29, 0.717) is 47.2 Å². The summed E-state index contributed by atoms with van der Waals surface area (Å²) >= 11 is 12.0. The minimum absolute atomic E-state index is 0.165. The summed E-state index contributed by atoms with van der Waals surface area (Å²) in [5, 5.41) is 15.7. The molecule has 1 saturated heterocycles. The molecule has 2 heterocycles. The number of carbonyl (C=O) groups excluding carboxylic acids is 3. The molecule has 146 valence electrons. The highest BCUT2D eigenvalue weighted by Gasteiger charge is 2.48. The summed E-state index contributed by atoms with van der Waals surface area (Å²) in [4.78, 5) is 36.0. The number of H-pyrrole nitrogens is 1. The first-order chi connectivity index (χ1) is 13.3. The van der Waals surface area contributed by atoms with Gasteiger partial charge in [0.1, 0.15) is 5.54 Å². The van der Waals surface area contributed by atoms with Crippen molar-refractivity contribution in [3.8, 4) is 11.3 Å². The van der Waals surface area contributed by atoms with E-state index < -0.39 is 11.6 Å². The summed E-state index contributed by atoms with van der Waals surface area (Å²) in [6.45, 7) is 0. The number of anilines is 1. The van der Waals surface area contributed by atoms with Crippen LogP contribution in [0.3, 0.4) is 0 Å². The molecule has 10 heteroatoms. The molecule has 2 aromatic rings. The van der Waals surface area contributed by atoms with Crippen LogP contribution in [-0.4, -0.2) is 33.6 Å². The highest BCUT2D eigenvalue weighted by Crippen LogP contribution is 2.35. The van der Waals surface area contributed by atoms with E-state index >= 15 is 0 Å². The van der Waals surface area contributed by atoms with Gasteiger partial charge in [-0.1, -0.05) is 23.2 Å². The maximum atomic E-state index is 12.6. The summed E-state index contributed by atoms with van der Waals surface area (Å²) in [6.07, 6.45) is 1.85. The van der Waals surface area contributed by atoms with E-state index in [2.05, 4.69) is 26.1 Å². The molecule has 1 aliphatic heterocycles. The minimum atomic E-state index is -0.876. The van der Waals surface area contributed by atoms with Crippen LogP contribution in [0.15, 0.2) is 24.3 Å². The topological polar surface area (TPSA) is 116 Å². The predicted octanol–water partition coefficient (Wildman–Crippen LogP) is 3.09. The number of amides is 4. The van der Waals surface area contributed by atoms with Crippen molar-refractivity contribution in [3.05, 3.63) is 34.3 Å². The Hall–Kier alpha value is -2.58. The first kappa shape index (κ1) is 18.8. The summed E-state index contributed by atoms with van der Waals surface area (Å²) in [7, 11) is 0. The van der Waals surface area contributed by atoms with Gasteiger partial charge in [-0.2, -0.15) is 5.10 Å². The molecule has 2 aliphatic rings. The van der Waals surface area contributed by atoms with Gasteiger partial charge in [-0.05, 0) is 43.9 Å². The van der Waals surface area contributed by atoms with Crippen LogP contribution in [0.1, 0.15) is 25.7 Å². The van der Waals surface area contributed by atoms with Crippen LogP contribution in [0, 0.1) is 5.92 Å². The standard InChI is InChI=1S/C18H17Cl2N5O3/c19-11-5-10(6-12(20)7-11)13-8-14(25-24-13)21-15(26)9-1-3-18(4-2-9)16(27)22-17(28)23-18/h5-9H,1-4H2,(H2,21,24,25,26)(H2,22,23,27,28). The smallest absolute Gasteiger partial charge is 0.322 e. The van der Waals surface area contributed by atoms with Gasteiger partial charge >= 0.3 is 6.03 Å². The molecule has 0 atom stereocenters. The predicted molar refractivity (Wildman–Crippen MR) is 104 cm³/mol. The molecule has 1 aromatic heterocycles. The van der Waals surface area contributed by atoms with Gasteiger partial charge in [0.15, 0.2) is 5.82 Å². The second kappa shape index (κ2) is 7.10. The van der Waals surface area contributed by atoms with Crippen molar-refractivity contribution in [3.63, 3.8) is 0 Å². The number of urea groups is 1. The molecule has 4 N–H and O–H groups in total. The summed E-state index contributed by atoms with van der Waals surface area (Å²) in [5.74, 6) is -0.338. The number of nitrogens with one attached hydrogen (secondary N) is 4. The van der Waals surface area contributed by atoms with E-state index in [1.807, 2.05) is 0 Å². The Balaban J connectivity index is 1.39. The zero-order valence-corrected chi connectivity index (χ0v) is 16.2. The lowest BCUT2D eigenvalue weighted by molar-refractivity contribution is -0.128. The van der Waals surface area contributed by atoms with Crippen molar-refractivity contribution in [2.24, 2.45) is 5.92 Å². The third-order valence-electron chi connectivity index (χ3n) is 5.23. The summed E-state index contributed by atoms with van der Waals surface area (Å²) in [5.41, 5.74) is 0.555. The molecule has 0 bridgehead atoms. The molecule has 28 heavy (non-hydrogen) atoms. The number of aromatic amines is 1. The quantitative estimate of drug-likeness (QED) is 0.569. The Morgan fingerprint density at radius 3 is 2.39 bits per heavy atom. The molecule has 8 nitrogen and oxygen atoms in total. The van der Waals surface area contributed by atoms with Crippen LogP contribution < -0.4 is 16.0 Å². The fourth-order valence-electron chi connectivity index (χ4n) is 3.72. The Kier molecular flexibility index (Phi) is 4.76. The van der Waals surface area contributed by atoms with Crippen molar-refractivity contribution in [1.82, 2.24) is 20.8 Å². The number of aromatic nitrogens is 2. The number of benzene rings is 1. The lowest BCUT2D eigenvalue weighted by Gasteiger charge is -2.33. The number of hydrogen-bond donors (Lipinski definition) is 4. The number of halogens is 2. The van der Waals surface area contributed by atoms with E-state index in [0.717, 1.165) is 5.56 Å². The highest BCUT2D eigenvalue weighted by molar-refractivity contribution is 6.35. The number of carbonyl (C=O) groups is 3. The van der Waals surface area contributed by atoms with Crippen molar-refractivity contribution < 1.29 is 14.4 Å². The van der Waals surface area contributed by atoms with E-state index in [1.54, 1.807) is 24.3 Å². The molecular formula is C18H17Cl2N5O3. The average Bonchev–Trinajstić information content (AvgIpc) is 3.19. The zero-order chi connectivity index (χ0) is 19.9. The second-order valence-electron chi connectivity index (χ2n) is 7.08. The Morgan fingerprint density at radius 1 is 1.11 bits per heavy atom. The van der Waals surface area contributed by atoms with Gasteiger partial charge in [0.2, 0.25) is 5.91 Å². The lowest BCUT2D eigenvalue weighted by Crippen LogP contribution is -2.50. The Bertz CT molecular complexity index is 946. The van der Waals surface area contributed by atoms with E-state index in [1.165, 1.54) is 0 Å². The van der Waals surface area contributed by atoms with Crippen LogP contribution in [-0.2, 0) is 9.59 Å². The zero-order valence-electron chi connectivity index (χ0n) is 14.6. The Labute approximate surface area is 170 Å². The van der Waals surface area contributed by atoms with Crippen molar-refractivity contribution in [1.29, 1.82) is 0 Å². The lowest BCUT2D eigenvalue weighted by atomic mass is 9.76. The second-order valence-corrected chi connectivity index (χ2v) is 7.95. The van der Waals surface area contributed by atoms with Crippen molar-refractivity contribution >= 4 is 46.9 Å². The summed E-state index contributed by atoms with van der Waals surface area (Å²) in [6, 6.07) is 6.35. The van der Waals surface area contributed by atoms with Gasteiger partial charge in [-0.25, -0.2) is 4.79 Å². The van der Waals surface area contributed by atoms with Gasteiger partial charge in [0.05, 0.1) is 5.69 Å². The number of rotatable bonds is 3. The van der Waals surface area contributed by atoms with Gasteiger partial charge < -0.3 is 10.6 Å². The molecule has 1 spiro atoms. The molecule has 4 amide bonds. The summed E-state index contributed by atoms with van der Waals surface area (Å²) < 4.78 is 0. The largest absolute Gasteiger partial charge is 0.323 e. The SMILES string of the molecule is O=C1NC(=O)C2(CCC(C(=O)Nc3cc(-c4cc(Cl)cc(Cl)c4)[nH]n3)CC2)N1. The molecular weight excluding hydrogens is 405 g/mol. The van der Waals surface area contributed by atoms with Gasteiger partial charge in [0.25, 0.3) is 5.91 Å². The van der Waals surface area contributed by atoms with Crippen LogP contribution in [0.5, 0.6) is 0 Å². The third kappa shape index (κ3) is 3.57. The van der Waals surface area contributed by atoms with E-state index in [9.17, 15) is 14.4 Å². The minimum Gasteiger partial charge on any atom is -0.323 e. The van der Waals surface area contributed by atoms with E-state index in [4.69, 9.17) is 23.2 Å². The molecule has 2 fully saturated rings. The average molecular weight is 422 g/mol.